The zero-order valence-corrected chi connectivity index (χ0v) is 18.2. The highest BCUT2D eigenvalue weighted by molar-refractivity contribution is 7.89. The number of hydrogen-bond acceptors (Lipinski definition) is 4. The fourth-order valence-corrected chi connectivity index (χ4v) is 4.51. The van der Waals surface area contributed by atoms with Gasteiger partial charge in [0.25, 0.3) is 0 Å². The second-order valence-electron chi connectivity index (χ2n) is 7.26. The lowest BCUT2D eigenvalue weighted by atomic mass is 9.99. The Morgan fingerprint density at radius 3 is 2.42 bits per heavy atom. The first-order valence-corrected chi connectivity index (χ1v) is 11.4. The number of amides is 1. The van der Waals surface area contributed by atoms with Gasteiger partial charge in [0.2, 0.25) is 15.9 Å². The molecule has 2 aromatic carbocycles. The van der Waals surface area contributed by atoms with Crippen molar-refractivity contribution in [2.45, 2.75) is 37.6 Å². The van der Waals surface area contributed by atoms with Gasteiger partial charge in [0.15, 0.2) is 0 Å². The molecule has 164 valence electrons. The molecule has 1 N–H and O–H groups in total. The number of benzene rings is 2. The van der Waals surface area contributed by atoms with E-state index in [1.54, 1.807) is 24.3 Å². The first-order valence-electron chi connectivity index (χ1n) is 9.98. The highest BCUT2D eigenvalue weighted by atomic mass is 32.2. The number of nitrogens with one attached hydrogen (secondary N) is 1. The quantitative estimate of drug-likeness (QED) is 0.516. The summed E-state index contributed by atoms with van der Waals surface area (Å²) in [6, 6.07) is 15.7. The Hall–Kier alpha value is -2.97. The lowest BCUT2D eigenvalue weighted by Crippen LogP contribution is -2.37. The van der Waals surface area contributed by atoms with E-state index in [2.05, 4.69) is 19.2 Å². The Morgan fingerprint density at radius 2 is 1.81 bits per heavy atom. The van der Waals surface area contributed by atoms with E-state index >= 15 is 0 Å². The van der Waals surface area contributed by atoms with Crippen molar-refractivity contribution in [3.63, 3.8) is 0 Å². The average molecular weight is 445 g/mol. The summed E-state index contributed by atoms with van der Waals surface area (Å²) < 4.78 is 46.5. The fraction of sp³-hybridized carbons (Fsp3) is 0.261. The van der Waals surface area contributed by atoms with E-state index in [4.69, 9.17) is 4.42 Å². The topological polar surface area (TPSA) is 79.6 Å². The van der Waals surface area contributed by atoms with Crippen molar-refractivity contribution < 1.29 is 22.0 Å². The number of rotatable bonds is 9. The number of anilines is 1. The maximum absolute atomic E-state index is 14.2. The number of carbonyl (C=O) groups excluding carboxylic acids is 1. The third-order valence-electron chi connectivity index (χ3n) is 5.06. The summed E-state index contributed by atoms with van der Waals surface area (Å²) >= 11 is 0. The van der Waals surface area contributed by atoms with Gasteiger partial charge >= 0.3 is 0 Å². The van der Waals surface area contributed by atoms with Crippen molar-refractivity contribution in [2.24, 2.45) is 0 Å². The van der Waals surface area contributed by atoms with Crippen molar-refractivity contribution in [3.8, 4) is 0 Å². The maximum atomic E-state index is 14.2. The van der Waals surface area contributed by atoms with Crippen molar-refractivity contribution in [2.75, 3.05) is 11.9 Å². The first kappa shape index (κ1) is 22.7. The number of halogens is 1. The third-order valence-corrected chi connectivity index (χ3v) is 6.89. The van der Waals surface area contributed by atoms with Crippen LogP contribution in [-0.4, -0.2) is 25.2 Å². The molecule has 0 aliphatic heterocycles. The molecule has 6 nitrogen and oxygen atoms in total. The van der Waals surface area contributed by atoms with E-state index in [1.807, 2.05) is 12.1 Å². The molecule has 1 heterocycles. The van der Waals surface area contributed by atoms with Gasteiger partial charge in [-0.15, -0.1) is 0 Å². The van der Waals surface area contributed by atoms with Gasteiger partial charge in [-0.3, -0.25) is 4.79 Å². The number of carbonyl (C=O) groups is 1. The van der Waals surface area contributed by atoms with Crippen LogP contribution in [0.1, 0.15) is 37.5 Å². The van der Waals surface area contributed by atoms with Crippen molar-refractivity contribution in [3.05, 3.63) is 84.1 Å². The van der Waals surface area contributed by atoms with Crippen LogP contribution < -0.4 is 5.32 Å². The highest BCUT2D eigenvalue weighted by Crippen LogP contribution is 2.23. The lowest BCUT2D eigenvalue weighted by molar-refractivity contribution is -0.116. The summed E-state index contributed by atoms with van der Waals surface area (Å²) in [5.74, 6) is -0.680. The zero-order valence-electron chi connectivity index (χ0n) is 17.4. The van der Waals surface area contributed by atoms with Crippen LogP contribution in [0, 0.1) is 5.82 Å². The van der Waals surface area contributed by atoms with E-state index in [1.165, 1.54) is 24.5 Å². The Kier molecular flexibility index (Phi) is 7.25. The predicted molar refractivity (Wildman–Crippen MR) is 116 cm³/mol. The van der Waals surface area contributed by atoms with E-state index in [-0.39, 0.29) is 6.54 Å². The highest BCUT2D eigenvalue weighted by Gasteiger charge is 2.30. The van der Waals surface area contributed by atoms with Crippen LogP contribution in [0.25, 0.3) is 0 Å². The molecule has 0 fully saturated rings. The van der Waals surface area contributed by atoms with Gasteiger partial charge < -0.3 is 9.73 Å². The number of nitrogens with zero attached hydrogens (tertiary/aromatic N) is 1. The number of hydrogen-bond donors (Lipinski definition) is 1. The molecule has 3 aromatic rings. The van der Waals surface area contributed by atoms with Gasteiger partial charge in [0, 0.05) is 5.69 Å². The van der Waals surface area contributed by atoms with Gasteiger partial charge in [-0.2, -0.15) is 4.31 Å². The number of sulfonamides is 1. The van der Waals surface area contributed by atoms with Crippen LogP contribution in [0.3, 0.4) is 0 Å². The van der Waals surface area contributed by atoms with Gasteiger partial charge in [0.05, 0.1) is 19.4 Å². The Bertz CT molecular complexity index is 1110. The van der Waals surface area contributed by atoms with Crippen LogP contribution in [0.15, 0.2) is 76.2 Å². The Morgan fingerprint density at radius 1 is 1.10 bits per heavy atom. The Balaban J connectivity index is 1.80. The van der Waals surface area contributed by atoms with Gasteiger partial charge in [-0.25, -0.2) is 12.8 Å². The molecule has 0 saturated heterocycles. The van der Waals surface area contributed by atoms with E-state index in [0.717, 1.165) is 22.4 Å². The molecule has 0 saturated carbocycles. The molecule has 3 rings (SSSR count). The lowest BCUT2D eigenvalue weighted by Gasteiger charge is -2.21. The van der Waals surface area contributed by atoms with Gasteiger partial charge in [-0.05, 0) is 54.3 Å². The molecule has 31 heavy (non-hydrogen) atoms. The summed E-state index contributed by atoms with van der Waals surface area (Å²) in [4.78, 5) is 12.2. The maximum Gasteiger partial charge on any atom is 0.246 e. The SMILES string of the molecule is CC[C@H](C)c1ccc(NC(=O)CN(Cc2ccco2)S(=O)(=O)c2ccccc2F)cc1. The average Bonchev–Trinajstić information content (AvgIpc) is 3.26. The minimum Gasteiger partial charge on any atom is -0.468 e. The van der Waals surface area contributed by atoms with Gasteiger partial charge in [0.1, 0.15) is 16.5 Å². The second-order valence-corrected chi connectivity index (χ2v) is 9.17. The minimum absolute atomic E-state index is 0.204. The molecule has 0 aliphatic rings. The van der Waals surface area contributed by atoms with Gasteiger partial charge in [-0.1, -0.05) is 38.1 Å². The summed E-state index contributed by atoms with van der Waals surface area (Å²) in [5.41, 5.74) is 1.71. The molecule has 0 unspecified atom stereocenters. The van der Waals surface area contributed by atoms with Crippen LogP contribution in [-0.2, 0) is 21.4 Å². The van der Waals surface area contributed by atoms with Crippen LogP contribution in [0.2, 0.25) is 0 Å². The second kappa shape index (κ2) is 9.89. The summed E-state index contributed by atoms with van der Waals surface area (Å²) in [6.45, 7) is 3.52. The molecule has 8 heteroatoms. The standard InChI is InChI=1S/C23H25FN2O4S/c1-3-17(2)18-10-12-19(13-11-18)25-23(27)16-26(15-20-7-6-14-30-20)31(28,29)22-9-5-4-8-21(22)24/h4-14,17H,3,15-16H2,1-2H3,(H,25,27)/t17-/m0/s1. The zero-order chi connectivity index (χ0) is 22.4. The molecule has 0 aliphatic carbocycles. The van der Waals surface area contributed by atoms with E-state index < -0.39 is 33.2 Å². The van der Waals surface area contributed by atoms with Crippen LogP contribution in [0.5, 0.6) is 0 Å². The smallest absolute Gasteiger partial charge is 0.246 e. The van der Waals surface area contributed by atoms with Crippen LogP contribution >= 0.6 is 0 Å². The third kappa shape index (κ3) is 5.59. The van der Waals surface area contributed by atoms with Crippen molar-refractivity contribution in [1.29, 1.82) is 0 Å². The summed E-state index contributed by atoms with van der Waals surface area (Å²) in [7, 11) is -4.28. The molecule has 0 bridgehead atoms. The minimum atomic E-state index is -4.28. The molecular formula is C23H25FN2O4S. The summed E-state index contributed by atoms with van der Waals surface area (Å²) in [5, 5.41) is 2.70. The molecule has 1 aromatic heterocycles. The molecule has 1 atom stereocenters. The van der Waals surface area contributed by atoms with Crippen molar-refractivity contribution in [1.82, 2.24) is 4.31 Å². The number of furan rings is 1. The normalized spacial score (nSPS) is 12.6. The van der Waals surface area contributed by atoms with E-state index in [0.29, 0.717) is 17.4 Å². The molecule has 0 radical (unpaired) electrons. The molecule has 0 spiro atoms. The largest absolute Gasteiger partial charge is 0.468 e. The molecular weight excluding hydrogens is 419 g/mol. The summed E-state index contributed by atoms with van der Waals surface area (Å²) in [6.07, 6.45) is 2.41. The molecule has 1 amide bonds. The first-order chi connectivity index (χ1) is 14.8. The monoisotopic (exact) mass is 444 g/mol. The van der Waals surface area contributed by atoms with Crippen LogP contribution in [0.4, 0.5) is 10.1 Å². The van der Waals surface area contributed by atoms with E-state index in [9.17, 15) is 17.6 Å². The fourth-order valence-electron chi connectivity index (χ4n) is 3.09. The Labute approximate surface area is 181 Å². The predicted octanol–water partition coefficient (Wildman–Crippen LogP) is 4.76. The van der Waals surface area contributed by atoms with Crippen molar-refractivity contribution >= 4 is 21.6 Å².